The van der Waals surface area contributed by atoms with Crippen LogP contribution < -0.4 is 9.47 Å². The predicted octanol–water partition coefficient (Wildman–Crippen LogP) is 3.18. The Morgan fingerprint density at radius 1 is 1.12 bits per heavy atom. The maximum absolute atomic E-state index is 5.96. The summed E-state index contributed by atoms with van der Waals surface area (Å²) in [7, 11) is 3.50. The van der Waals surface area contributed by atoms with Gasteiger partial charge >= 0.3 is 0 Å². The van der Waals surface area contributed by atoms with E-state index in [9.17, 15) is 0 Å². The lowest BCUT2D eigenvalue weighted by Gasteiger charge is -2.20. The molecular formula is C19H30N2O4. The van der Waals surface area contributed by atoms with Crippen LogP contribution in [-0.4, -0.2) is 58.4 Å². The van der Waals surface area contributed by atoms with Gasteiger partial charge in [0, 0.05) is 6.54 Å². The number of allylic oxidation sites excluding steroid dienone is 1. The Hall–Kier alpha value is -2.05. The molecule has 0 amide bonds. The number of ether oxygens (including phenoxy) is 3. The second kappa shape index (κ2) is 12.3. The molecule has 140 valence electrons. The summed E-state index contributed by atoms with van der Waals surface area (Å²) in [5.41, 5.74) is 2.13. The summed E-state index contributed by atoms with van der Waals surface area (Å²) < 4.78 is 17.1. The molecule has 0 spiro atoms. The number of benzene rings is 1. The van der Waals surface area contributed by atoms with E-state index in [2.05, 4.69) is 14.9 Å². The molecule has 0 aliphatic carbocycles. The molecule has 0 N–H and O–H groups in total. The van der Waals surface area contributed by atoms with E-state index in [1.807, 2.05) is 52.1 Å². The van der Waals surface area contributed by atoms with E-state index >= 15 is 0 Å². The number of likely N-dealkylation sites (N-methyl/N-ethyl adjacent to an activating group) is 1. The van der Waals surface area contributed by atoms with Crippen molar-refractivity contribution in [3.05, 3.63) is 35.4 Å². The Morgan fingerprint density at radius 2 is 1.84 bits per heavy atom. The Balaban J connectivity index is 2.41. The molecule has 6 nitrogen and oxygen atoms in total. The van der Waals surface area contributed by atoms with Crippen LogP contribution in [0.1, 0.15) is 18.1 Å². The highest BCUT2D eigenvalue weighted by molar-refractivity contribution is 5.57. The first-order valence-corrected chi connectivity index (χ1v) is 8.37. The van der Waals surface area contributed by atoms with E-state index < -0.39 is 0 Å². The lowest BCUT2D eigenvalue weighted by Crippen LogP contribution is -2.28. The molecule has 0 saturated heterocycles. The third-order valence-electron chi connectivity index (χ3n) is 3.43. The van der Waals surface area contributed by atoms with Crippen LogP contribution in [0.15, 0.2) is 29.4 Å². The number of aryl methyl sites for hydroxylation is 2. The molecule has 0 fully saturated rings. The second-order valence-electron chi connectivity index (χ2n) is 5.66. The van der Waals surface area contributed by atoms with E-state index in [1.165, 1.54) is 7.11 Å². The minimum atomic E-state index is 0.440. The molecule has 1 aromatic carbocycles. The minimum absolute atomic E-state index is 0.440. The van der Waals surface area contributed by atoms with Crippen LogP contribution in [0.4, 0.5) is 0 Å². The fourth-order valence-corrected chi connectivity index (χ4v) is 2.16. The van der Waals surface area contributed by atoms with Gasteiger partial charge in [0.05, 0.1) is 19.4 Å². The van der Waals surface area contributed by atoms with Gasteiger partial charge in [-0.1, -0.05) is 17.3 Å². The lowest BCUT2D eigenvalue weighted by molar-refractivity contribution is 0.0972. The topological polar surface area (TPSA) is 52.5 Å². The van der Waals surface area contributed by atoms with Crippen molar-refractivity contribution in [1.29, 1.82) is 0 Å². The minimum Gasteiger partial charge on any atom is -0.490 e. The van der Waals surface area contributed by atoms with Crippen LogP contribution in [0.25, 0.3) is 0 Å². The number of oxime groups is 1. The van der Waals surface area contributed by atoms with Gasteiger partial charge in [-0.15, -0.1) is 0 Å². The van der Waals surface area contributed by atoms with Crippen LogP contribution in [-0.2, 0) is 9.57 Å². The van der Waals surface area contributed by atoms with Crippen molar-refractivity contribution in [1.82, 2.24) is 4.90 Å². The zero-order chi connectivity index (χ0) is 18.5. The quantitative estimate of drug-likeness (QED) is 0.191. The van der Waals surface area contributed by atoms with E-state index in [0.717, 1.165) is 29.2 Å². The lowest BCUT2D eigenvalue weighted by atomic mass is 10.1. The van der Waals surface area contributed by atoms with Crippen molar-refractivity contribution in [3.63, 3.8) is 0 Å². The Kier molecular flexibility index (Phi) is 10.4. The SMILES string of the molecule is C/C=C/COc1cc(C)c(OCN(C)CCOC/C=N/OC)c(C)c1. The molecule has 1 aromatic rings. The number of hydrogen-bond acceptors (Lipinski definition) is 6. The van der Waals surface area contributed by atoms with Crippen molar-refractivity contribution >= 4 is 6.21 Å². The molecule has 0 bridgehead atoms. The molecule has 0 aliphatic rings. The smallest absolute Gasteiger partial charge is 0.141 e. The van der Waals surface area contributed by atoms with Crippen molar-refractivity contribution in [2.75, 3.05) is 47.3 Å². The largest absolute Gasteiger partial charge is 0.490 e. The van der Waals surface area contributed by atoms with Crippen LogP contribution in [0.2, 0.25) is 0 Å². The molecule has 0 saturated carbocycles. The van der Waals surface area contributed by atoms with E-state index in [0.29, 0.717) is 26.6 Å². The summed E-state index contributed by atoms with van der Waals surface area (Å²) in [6, 6.07) is 4.01. The first kappa shape index (κ1) is 21.0. The summed E-state index contributed by atoms with van der Waals surface area (Å²) in [5, 5.41) is 3.61. The summed E-state index contributed by atoms with van der Waals surface area (Å²) in [5.74, 6) is 1.76. The van der Waals surface area contributed by atoms with Crippen molar-refractivity contribution in [2.45, 2.75) is 20.8 Å². The molecule has 0 aromatic heterocycles. The Bertz CT molecular complexity index is 535. The number of nitrogens with zero attached hydrogens (tertiary/aromatic N) is 2. The van der Waals surface area contributed by atoms with Crippen LogP contribution in [0, 0.1) is 13.8 Å². The van der Waals surface area contributed by atoms with Gasteiger partial charge in [-0.3, -0.25) is 4.90 Å². The van der Waals surface area contributed by atoms with Gasteiger partial charge in [-0.2, -0.15) is 0 Å². The molecule has 0 radical (unpaired) electrons. The van der Waals surface area contributed by atoms with Gasteiger partial charge < -0.3 is 19.0 Å². The molecule has 0 aliphatic heterocycles. The standard InChI is InChI=1S/C19H30N2O4/c1-6-7-10-24-18-13-16(2)19(17(3)14-18)25-15-21(4)9-12-23-11-8-20-22-5/h6-8,13-14H,9-12,15H2,1-5H3/b7-6+,20-8+. The summed E-state index contributed by atoms with van der Waals surface area (Å²) in [6.45, 7) is 8.92. The van der Waals surface area contributed by atoms with E-state index in [4.69, 9.17) is 14.2 Å². The van der Waals surface area contributed by atoms with Gasteiger partial charge in [-0.25, -0.2) is 0 Å². The highest BCUT2D eigenvalue weighted by atomic mass is 16.6. The van der Waals surface area contributed by atoms with Crippen molar-refractivity contribution in [2.24, 2.45) is 5.16 Å². The summed E-state index contributed by atoms with van der Waals surface area (Å²) >= 11 is 0. The van der Waals surface area contributed by atoms with Gasteiger partial charge in [0.25, 0.3) is 0 Å². The van der Waals surface area contributed by atoms with E-state index in [-0.39, 0.29) is 0 Å². The molecule has 1 rings (SSSR count). The number of rotatable bonds is 12. The van der Waals surface area contributed by atoms with Crippen molar-refractivity contribution < 1.29 is 19.0 Å². The third kappa shape index (κ3) is 8.56. The predicted molar refractivity (Wildman–Crippen MR) is 101 cm³/mol. The zero-order valence-corrected chi connectivity index (χ0v) is 15.9. The number of hydrogen-bond donors (Lipinski definition) is 0. The molecule has 25 heavy (non-hydrogen) atoms. The molecule has 6 heteroatoms. The normalized spacial score (nSPS) is 11.6. The third-order valence-corrected chi connectivity index (χ3v) is 3.43. The molecule has 0 atom stereocenters. The average molecular weight is 350 g/mol. The first-order chi connectivity index (χ1) is 12.1. The highest BCUT2D eigenvalue weighted by Gasteiger charge is 2.08. The van der Waals surface area contributed by atoms with Crippen LogP contribution >= 0.6 is 0 Å². The monoisotopic (exact) mass is 350 g/mol. The van der Waals surface area contributed by atoms with Gasteiger partial charge in [-0.05, 0) is 51.1 Å². The highest BCUT2D eigenvalue weighted by Crippen LogP contribution is 2.28. The van der Waals surface area contributed by atoms with E-state index in [1.54, 1.807) is 6.21 Å². The molecule has 0 unspecified atom stereocenters. The van der Waals surface area contributed by atoms with Crippen molar-refractivity contribution in [3.8, 4) is 11.5 Å². The Morgan fingerprint density at radius 3 is 2.48 bits per heavy atom. The molecular weight excluding hydrogens is 320 g/mol. The first-order valence-electron chi connectivity index (χ1n) is 8.37. The summed E-state index contributed by atoms with van der Waals surface area (Å²) in [4.78, 5) is 6.62. The summed E-state index contributed by atoms with van der Waals surface area (Å²) in [6.07, 6.45) is 5.54. The zero-order valence-electron chi connectivity index (χ0n) is 15.9. The maximum atomic E-state index is 5.96. The maximum Gasteiger partial charge on any atom is 0.141 e. The second-order valence-corrected chi connectivity index (χ2v) is 5.66. The fraction of sp³-hybridized carbons (Fsp3) is 0.526. The van der Waals surface area contributed by atoms with Gasteiger partial charge in [0.1, 0.15) is 31.9 Å². The van der Waals surface area contributed by atoms with Gasteiger partial charge in [0.15, 0.2) is 0 Å². The average Bonchev–Trinajstić information content (AvgIpc) is 2.57. The van der Waals surface area contributed by atoms with Crippen LogP contribution in [0.5, 0.6) is 11.5 Å². The fourth-order valence-electron chi connectivity index (χ4n) is 2.16. The van der Waals surface area contributed by atoms with Gasteiger partial charge in [0.2, 0.25) is 0 Å². The Labute approximate surface area is 151 Å². The molecule has 0 heterocycles. The van der Waals surface area contributed by atoms with Crippen LogP contribution in [0.3, 0.4) is 0 Å².